The summed E-state index contributed by atoms with van der Waals surface area (Å²) in [5.74, 6) is -0.950. The largest absolute Gasteiger partial charge is 0.416 e. The van der Waals surface area contributed by atoms with Crippen molar-refractivity contribution in [3.63, 3.8) is 0 Å². The van der Waals surface area contributed by atoms with Gasteiger partial charge in [0, 0.05) is 51.0 Å². The molecule has 34 heavy (non-hydrogen) atoms. The van der Waals surface area contributed by atoms with E-state index in [2.05, 4.69) is 4.72 Å². The van der Waals surface area contributed by atoms with Crippen molar-refractivity contribution < 1.29 is 35.9 Å². The predicted molar refractivity (Wildman–Crippen MR) is 117 cm³/mol. The van der Waals surface area contributed by atoms with Gasteiger partial charge in [-0.2, -0.15) is 13.2 Å². The fourth-order valence-electron chi connectivity index (χ4n) is 3.46. The van der Waals surface area contributed by atoms with Crippen LogP contribution < -0.4 is 4.72 Å². The van der Waals surface area contributed by atoms with Crippen molar-refractivity contribution in [1.29, 1.82) is 0 Å². The maximum absolute atomic E-state index is 12.9. The number of rotatable bonds is 7. The Bertz CT molecular complexity index is 1150. The van der Waals surface area contributed by atoms with Crippen LogP contribution in [0.25, 0.3) is 0 Å². The number of carbonyl (C=O) groups is 2. The second-order valence-corrected chi connectivity index (χ2v) is 9.35. The molecule has 184 valence electrons. The molecule has 2 aromatic carbocycles. The molecule has 2 amide bonds. The summed E-state index contributed by atoms with van der Waals surface area (Å²) in [5, 5.41) is 0. The molecule has 0 bridgehead atoms. The first-order valence-corrected chi connectivity index (χ1v) is 11.9. The smallest absolute Gasteiger partial charge is 0.383 e. The molecule has 0 unspecified atom stereocenters. The molecular formula is C22H24F3N3O5S. The quantitative estimate of drug-likeness (QED) is 0.590. The van der Waals surface area contributed by atoms with Crippen LogP contribution in [0.3, 0.4) is 0 Å². The van der Waals surface area contributed by atoms with Crippen molar-refractivity contribution in [2.24, 2.45) is 0 Å². The minimum atomic E-state index is -4.55. The number of sulfonamides is 1. The molecule has 3 rings (SSSR count). The number of hydrogen-bond donors (Lipinski definition) is 1. The van der Waals surface area contributed by atoms with Gasteiger partial charge in [-0.15, -0.1) is 0 Å². The Labute approximate surface area is 195 Å². The minimum Gasteiger partial charge on any atom is -0.383 e. The number of ether oxygens (including phenoxy) is 1. The lowest BCUT2D eigenvalue weighted by atomic mass is 10.1. The first kappa shape index (κ1) is 25.7. The summed E-state index contributed by atoms with van der Waals surface area (Å²) in [6.07, 6.45) is -4.55. The zero-order valence-electron chi connectivity index (χ0n) is 18.3. The number of halogens is 3. The summed E-state index contributed by atoms with van der Waals surface area (Å²) < 4.78 is 70.8. The molecule has 1 N–H and O–H groups in total. The highest BCUT2D eigenvalue weighted by Gasteiger charge is 2.32. The Morgan fingerprint density at radius 2 is 1.47 bits per heavy atom. The van der Waals surface area contributed by atoms with E-state index in [1.54, 1.807) is 0 Å². The number of alkyl halides is 3. The first-order chi connectivity index (χ1) is 16.0. The molecule has 1 saturated heterocycles. The van der Waals surface area contributed by atoms with Crippen LogP contribution in [-0.4, -0.2) is 76.5 Å². The SMILES string of the molecule is COCCNS(=O)(=O)c1cccc(C(=O)N2CCN(C(=O)c3cccc(C(F)(F)F)c3)CC2)c1. The summed E-state index contributed by atoms with van der Waals surface area (Å²) in [5.41, 5.74) is -0.806. The topological polar surface area (TPSA) is 96.0 Å². The second kappa shape index (κ2) is 10.5. The summed E-state index contributed by atoms with van der Waals surface area (Å²) in [7, 11) is -2.37. The van der Waals surface area contributed by atoms with Crippen LogP contribution in [-0.2, 0) is 20.9 Å². The number of amides is 2. The van der Waals surface area contributed by atoms with Crippen LogP contribution in [0.4, 0.5) is 13.2 Å². The molecule has 12 heteroatoms. The molecule has 0 saturated carbocycles. The number of piperazine rings is 1. The third-order valence-corrected chi connectivity index (χ3v) is 6.74. The zero-order chi connectivity index (χ0) is 24.9. The standard InChI is InChI=1S/C22H24F3N3O5S/c1-33-13-8-26-34(31,32)19-7-3-5-17(15-19)21(30)28-11-9-27(10-12-28)20(29)16-4-2-6-18(14-16)22(23,24)25/h2-7,14-15,26H,8-13H2,1H3. The lowest BCUT2D eigenvalue weighted by molar-refractivity contribution is -0.137. The maximum Gasteiger partial charge on any atom is 0.416 e. The van der Waals surface area contributed by atoms with Gasteiger partial charge < -0.3 is 14.5 Å². The molecular weight excluding hydrogens is 475 g/mol. The number of methoxy groups -OCH3 is 1. The third kappa shape index (κ3) is 6.13. The fourth-order valence-corrected chi connectivity index (χ4v) is 4.52. The van der Waals surface area contributed by atoms with E-state index >= 15 is 0 Å². The summed E-state index contributed by atoms with van der Waals surface area (Å²) in [4.78, 5) is 28.4. The number of nitrogens with zero attached hydrogens (tertiary/aromatic N) is 2. The average Bonchev–Trinajstić information content (AvgIpc) is 2.83. The zero-order valence-corrected chi connectivity index (χ0v) is 19.2. The molecule has 1 heterocycles. The van der Waals surface area contributed by atoms with Crippen LogP contribution in [0.15, 0.2) is 53.4 Å². The van der Waals surface area contributed by atoms with Crippen LogP contribution in [0.2, 0.25) is 0 Å². The van der Waals surface area contributed by atoms with Gasteiger partial charge in [0.15, 0.2) is 0 Å². The van der Waals surface area contributed by atoms with Crippen molar-refractivity contribution in [3.8, 4) is 0 Å². The van der Waals surface area contributed by atoms with Crippen LogP contribution in [0, 0.1) is 0 Å². The van der Waals surface area contributed by atoms with Gasteiger partial charge in [-0.05, 0) is 36.4 Å². The normalized spacial score (nSPS) is 14.8. The van der Waals surface area contributed by atoms with Gasteiger partial charge in [0.05, 0.1) is 17.1 Å². The van der Waals surface area contributed by atoms with Gasteiger partial charge in [0.25, 0.3) is 11.8 Å². The van der Waals surface area contributed by atoms with Crippen molar-refractivity contribution in [2.45, 2.75) is 11.1 Å². The second-order valence-electron chi connectivity index (χ2n) is 7.58. The summed E-state index contributed by atoms with van der Waals surface area (Å²) in [6.45, 7) is 0.869. The highest BCUT2D eigenvalue weighted by Crippen LogP contribution is 2.30. The lowest BCUT2D eigenvalue weighted by Crippen LogP contribution is -2.50. The van der Waals surface area contributed by atoms with E-state index in [4.69, 9.17) is 4.74 Å². The molecule has 1 aliphatic heterocycles. The highest BCUT2D eigenvalue weighted by atomic mass is 32.2. The van der Waals surface area contributed by atoms with E-state index in [-0.39, 0.29) is 55.4 Å². The molecule has 0 radical (unpaired) electrons. The number of benzene rings is 2. The van der Waals surface area contributed by atoms with Crippen molar-refractivity contribution in [2.75, 3.05) is 46.4 Å². The minimum absolute atomic E-state index is 0.0622. The third-order valence-electron chi connectivity index (χ3n) is 5.28. The molecule has 0 aromatic heterocycles. The number of carbonyl (C=O) groups excluding carboxylic acids is 2. The van der Waals surface area contributed by atoms with E-state index in [0.717, 1.165) is 12.1 Å². The van der Waals surface area contributed by atoms with E-state index in [1.165, 1.54) is 53.3 Å². The van der Waals surface area contributed by atoms with Gasteiger partial charge >= 0.3 is 6.18 Å². The van der Waals surface area contributed by atoms with Gasteiger partial charge in [-0.25, -0.2) is 13.1 Å². The number of hydrogen-bond acceptors (Lipinski definition) is 5. The Morgan fingerprint density at radius 1 is 0.941 bits per heavy atom. The van der Waals surface area contributed by atoms with E-state index < -0.39 is 33.6 Å². The lowest BCUT2D eigenvalue weighted by Gasteiger charge is -2.35. The predicted octanol–water partition coefficient (Wildman–Crippen LogP) is 2.23. The molecule has 1 aliphatic rings. The molecule has 2 aromatic rings. The van der Waals surface area contributed by atoms with E-state index in [0.29, 0.717) is 0 Å². The molecule has 0 aliphatic carbocycles. The molecule has 0 atom stereocenters. The van der Waals surface area contributed by atoms with Crippen LogP contribution in [0.1, 0.15) is 26.3 Å². The van der Waals surface area contributed by atoms with Gasteiger partial charge in [0.2, 0.25) is 10.0 Å². The molecule has 0 spiro atoms. The Hall–Kier alpha value is -2.96. The van der Waals surface area contributed by atoms with E-state index in [9.17, 15) is 31.2 Å². The molecule has 8 nitrogen and oxygen atoms in total. The first-order valence-electron chi connectivity index (χ1n) is 10.4. The fraction of sp³-hybridized carbons (Fsp3) is 0.364. The van der Waals surface area contributed by atoms with Crippen molar-refractivity contribution in [3.05, 3.63) is 65.2 Å². The molecule has 1 fully saturated rings. The summed E-state index contributed by atoms with van der Waals surface area (Å²) in [6, 6.07) is 9.82. The van der Waals surface area contributed by atoms with Crippen molar-refractivity contribution in [1.82, 2.24) is 14.5 Å². The van der Waals surface area contributed by atoms with Crippen molar-refractivity contribution >= 4 is 21.8 Å². The van der Waals surface area contributed by atoms with Gasteiger partial charge in [-0.3, -0.25) is 9.59 Å². The van der Waals surface area contributed by atoms with Gasteiger partial charge in [-0.1, -0.05) is 12.1 Å². The Balaban J connectivity index is 1.65. The monoisotopic (exact) mass is 499 g/mol. The van der Waals surface area contributed by atoms with Gasteiger partial charge in [0.1, 0.15) is 0 Å². The Kier molecular flexibility index (Phi) is 7.95. The highest BCUT2D eigenvalue weighted by molar-refractivity contribution is 7.89. The number of nitrogens with one attached hydrogen (secondary N) is 1. The summed E-state index contributed by atoms with van der Waals surface area (Å²) >= 11 is 0. The van der Waals surface area contributed by atoms with Crippen LogP contribution in [0.5, 0.6) is 0 Å². The maximum atomic E-state index is 12.9. The average molecular weight is 500 g/mol. The van der Waals surface area contributed by atoms with E-state index in [1.807, 2.05) is 0 Å². The van der Waals surface area contributed by atoms with Crippen LogP contribution >= 0.6 is 0 Å². The Morgan fingerprint density at radius 3 is 2.00 bits per heavy atom.